The fraction of sp³-hybridized carbons (Fsp3) is 0.368. The summed E-state index contributed by atoms with van der Waals surface area (Å²) in [5.74, 6) is 2.28. The van der Waals surface area contributed by atoms with Crippen LogP contribution in [-0.2, 0) is 6.42 Å². The summed E-state index contributed by atoms with van der Waals surface area (Å²) in [6.45, 7) is 3.67. The predicted octanol–water partition coefficient (Wildman–Crippen LogP) is 3.75. The van der Waals surface area contributed by atoms with E-state index in [0.29, 0.717) is 18.8 Å². The Hall–Kier alpha value is -2.00. The molecule has 0 saturated heterocycles. The van der Waals surface area contributed by atoms with Crippen LogP contribution in [0.3, 0.4) is 0 Å². The summed E-state index contributed by atoms with van der Waals surface area (Å²) in [5, 5.41) is 0. The molecular formula is C19H21NO2. The van der Waals surface area contributed by atoms with E-state index in [0.717, 1.165) is 24.5 Å². The SMILES string of the molecule is C[C@H]1c2cc3c(cc2[C@@H](Cc2ccccc2)CN1C)OCO3. The maximum absolute atomic E-state index is 5.59. The number of benzene rings is 2. The Bertz CT molecular complexity index is 683. The van der Waals surface area contributed by atoms with Crippen molar-refractivity contribution in [2.24, 2.45) is 0 Å². The van der Waals surface area contributed by atoms with Gasteiger partial charge in [0, 0.05) is 18.5 Å². The Morgan fingerprint density at radius 1 is 1.05 bits per heavy atom. The van der Waals surface area contributed by atoms with Gasteiger partial charge in [-0.1, -0.05) is 30.3 Å². The van der Waals surface area contributed by atoms with E-state index in [4.69, 9.17) is 9.47 Å². The molecule has 22 heavy (non-hydrogen) atoms. The average Bonchev–Trinajstić information content (AvgIpc) is 2.99. The lowest BCUT2D eigenvalue weighted by Gasteiger charge is -2.37. The predicted molar refractivity (Wildman–Crippen MR) is 86.5 cm³/mol. The molecule has 2 heterocycles. The first-order valence-electron chi connectivity index (χ1n) is 7.90. The first-order chi connectivity index (χ1) is 10.7. The van der Waals surface area contributed by atoms with Gasteiger partial charge in [-0.25, -0.2) is 0 Å². The molecule has 114 valence electrons. The third-order valence-electron chi connectivity index (χ3n) is 4.96. The molecule has 0 aromatic heterocycles. The van der Waals surface area contributed by atoms with Gasteiger partial charge in [-0.2, -0.15) is 0 Å². The van der Waals surface area contributed by atoms with Gasteiger partial charge >= 0.3 is 0 Å². The van der Waals surface area contributed by atoms with Crippen molar-refractivity contribution in [1.82, 2.24) is 4.90 Å². The molecule has 2 aromatic rings. The molecule has 0 bridgehead atoms. The number of hydrogen-bond donors (Lipinski definition) is 0. The maximum Gasteiger partial charge on any atom is 0.231 e. The van der Waals surface area contributed by atoms with Crippen molar-refractivity contribution in [3.63, 3.8) is 0 Å². The van der Waals surface area contributed by atoms with E-state index in [2.05, 4.69) is 61.3 Å². The second kappa shape index (κ2) is 5.33. The molecule has 0 amide bonds. The molecule has 0 fully saturated rings. The van der Waals surface area contributed by atoms with Crippen molar-refractivity contribution in [2.75, 3.05) is 20.4 Å². The Morgan fingerprint density at radius 3 is 2.45 bits per heavy atom. The van der Waals surface area contributed by atoms with Gasteiger partial charge in [0.05, 0.1) is 0 Å². The van der Waals surface area contributed by atoms with Gasteiger partial charge in [-0.3, -0.25) is 4.90 Å². The lowest BCUT2D eigenvalue weighted by atomic mass is 9.82. The maximum atomic E-state index is 5.59. The van der Waals surface area contributed by atoms with Crippen LogP contribution >= 0.6 is 0 Å². The number of fused-ring (bicyclic) bond motifs is 2. The van der Waals surface area contributed by atoms with Crippen LogP contribution in [0.15, 0.2) is 42.5 Å². The molecule has 2 aliphatic heterocycles. The van der Waals surface area contributed by atoms with Crippen LogP contribution in [-0.4, -0.2) is 25.3 Å². The summed E-state index contributed by atoms with van der Waals surface area (Å²) in [6.07, 6.45) is 1.06. The fourth-order valence-corrected chi connectivity index (χ4v) is 3.60. The van der Waals surface area contributed by atoms with Crippen LogP contribution in [0, 0.1) is 0 Å². The Kier molecular flexibility index (Phi) is 3.30. The summed E-state index contributed by atoms with van der Waals surface area (Å²) in [4.78, 5) is 2.43. The van der Waals surface area contributed by atoms with Gasteiger partial charge in [-0.05, 0) is 49.2 Å². The minimum Gasteiger partial charge on any atom is -0.454 e. The van der Waals surface area contributed by atoms with Crippen molar-refractivity contribution in [3.05, 3.63) is 59.2 Å². The van der Waals surface area contributed by atoms with Crippen molar-refractivity contribution in [2.45, 2.75) is 25.3 Å². The van der Waals surface area contributed by atoms with Gasteiger partial charge < -0.3 is 9.47 Å². The highest BCUT2D eigenvalue weighted by Crippen LogP contribution is 2.44. The second-order valence-corrected chi connectivity index (χ2v) is 6.34. The summed E-state index contributed by atoms with van der Waals surface area (Å²) in [5.41, 5.74) is 4.18. The number of nitrogens with zero attached hydrogens (tertiary/aromatic N) is 1. The fourth-order valence-electron chi connectivity index (χ4n) is 3.60. The molecule has 3 nitrogen and oxygen atoms in total. The van der Waals surface area contributed by atoms with Crippen molar-refractivity contribution in [1.29, 1.82) is 0 Å². The van der Waals surface area contributed by atoms with Crippen LogP contribution in [0.25, 0.3) is 0 Å². The molecule has 2 aliphatic rings. The molecule has 0 unspecified atom stereocenters. The summed E-state index contributed by atoms with van der Waals surface area (Å²) in [7, 11) is 2.20. The van der Waals surface area contributed by atoms with Crippen LogP contribution < -0.4 is 9.47 Å². The van der Waals surface area contributed by atoms with Crippen molar-refractivity contribution < 1.29 is 9.47 Å². The summed E-state index contributed by atoms with van der Waals surface area (Å²) in [6, 6.07) is 15.5. The van der Waals surface area contributed by atoms with Gasteiger partial charge in [0.15, 0.2) is 11.5 Å². The Balaban J connectivity index is 1.74. The molecule has 0 aliphatic carbocycles. The smallest absolute Gasteiger partial charge is 0.231 e. The highest BCUT2D eigenvalue weighted by atomic mass is 16.7. The minimum absolute atomic E-state index is 0.339. The average molecular weight is 295 g/mol. The summed E-state index contributed by atoms with van der Waals surface area (Å²) < 4.78 is 11.2. The molecule has 3 heteroatoms. The first kappa shape index (κ1) is 13.6. The van der Waals surface area contributed by atoms with Crippen LogP contribution in [0.5, 0.6) is 11.5 Å². The highest BCUT2D eigenvalue weighted by Gasteiger charge is 2.31. The normalized spacial score (nSPS) is 23.4. The van der Waals surface area contributed by atoms with Crippen LogP contribution in [0.1, 0.15) is 35.6 Å². The van der Waals surface area contributed by atoms with E-state index in [9.17, 15) is 0 Å². The molecule has 0 radical (unpaired) electrons. The van der Waals surface area contributed by atoms with E-state index in [1.807, 2.05) is 0 Å². The third-order valence-corrected chi connectivity index (χ3v) is 4.96. The van der Waals surface area contributed by atoms with Gasteiger partial charge in [0.25, 0.3) is 0 Å². The monoisotopic (exact) mass is 295 g/mol. The largest absolute Gasteiger partial charge is 0.454 e. The molecule has 0 N–H and O–H groups in total. The lowest BCUT2D eigenvalue weighted by Crippen LogP contribution is -2.34. The Labute approximate surface area is 131 Å². The topological polar surface area (TPSA) is 21.7 Å². The number of ether oxygens (including phenoxy) is 2. The zero-order valence-corrected chi connectivity index (χ0v) is 13.1. The zero-order valence-electron chi connectivity index (χ0n) is 13.1. The molecule has 2 atom stereocenters. The van der Waals surface area contributed by atoms with E-state index in [-0.39, 0.29) is 0 Å². The van der Waals surface area contributed by atoms with E-state index in [1.165, 1.54) is 16.7 Å². The van der Waals surface area contributed by atoms with Crippen molar-refractivity contribution in [3.8, 4) is 11.5 Å². The quantitative estimate of drug-likeness (QED) is 0.842. The van der Waals surface area contributed by atoms with E-state index < -0.39 is 0 Å². The van der Waals surface area contributed by atoms with Gasteiger partial charge in [0.2, 0.25) is 6.79 Å². The second-order valence-electron chi connectivity index (χ2n) is 6.34. The first-order valence-corrected chi connectivity index (χ1v) is 7.90. The third kappa shape index (κ3) is 2.26. The molecule has 2 aromatic carbocycles. The van der Waals surface area contributed by atoms with E-state index in [1.54, 1.807) is 0 Å². The van der Waals surface area contributed by atoms with Gasteiger partial charge in [0.1, 0.15) is 0 Å². The zero-order chi connectivity index (χ0) is 15.1. The molecule has 4 rings (SSSR count). The van der Waals surface area contributed by atoms with E-state index >= 15 is 0 Å². The molecule has 0 spiro atoms. The molecule has 0 saturated carbocycles. The molecular weight excluding hydrogens is 274 g/mol. The minimum atomic E-state index is 0.339. The highest BCUT2D eigenvalue weighted by molar-refractivity contribution is 5.52. The lowest BCUT2D eigenvalue weighted by molar-refractivity contribution is 0.174. The number of rotatable bonds is 2. The van der Waals surface area contributed by atoms with Crippen LogP contribution in [0.4, 0.5) is 0 Å². The number of hydrogen-bond acceptors (Lipinski definition) is 3. The van der Waals surface area contributed by atoms with Crippen molar-refractivity contribution >= 4 is 0 Å². The number of likely N-dealkylation sites (N-methyl/N-ethyl adjacent to an activating group) is 1. The Morgan fingerprint density at radius 2 is 1.73 bits per heavy atom. The summed E-state index contributed by atoms with van der Waals surface area (Å²) >= 11 is 0. The van der Waals surface area contributed by atoms with Crippen LogP contribution in [0.2, 0.25) is 0 Å². The standard InChI is InChI=1S/C19H21NO2/c1-13-16-9-18-19(22-12-21-18)10-17(16)15(11-20(13)2)8-14-6-4-3-5-7-14/h3-7,9-10,13,15H,8,11-12H2,1-2H3/t13-,15-/m0/s1. The van der Waals surface area contributed by atoms with Gasteiger partial charge in [-0.15, -0.1) is 0 Å².